The molecule has 0 aliphatic carbocycles. The summed E-state index contributed by atoms with van der Waals surface area (Å²) < 4.78 is 2.31. The first-order valence-electron chi connectivity index (χ1n) is 13.0. The van der Waals surface area contributed by atoms with Gasteiger partial charge in [-0.25, -0.2) is 4.98 Å². The number of imidazole rings is 1. The van der Waals surface area contributed by atoms with E-state index in [1.54, 1.807) is 0 Å². The van der Waals surface area contributed by atoms with Crippen molar-refractivity contribution in [2.45, 2.75) is 19.4 Å². The molecule has 0 amide bonds. The summed E-state index contributed by atoms with van der Waals surface area (Å²) in [5, 5.41) is 0. The molecule has 1 aliphatic heterocycles. The van der Waals surface area contributed by atoms with E-state index < -0.39 is 0 Å². The molecule has 38 heavy (non-hydrogen) atoms. The molecule has 0 saturated heterocycles. The van der Waals surface area contributed by atoms with Crippen molar-refractivity contribution >= 4 is 39.7 Å². The van der Waals surface area contributed by atoms with E-state index in [1.165, 1.54) is 5.56 Å². The third-order valence-electron chi connectivity index (χ3n) is 7.48. The van der Waals surface area contributed by atoms with Crippen LogP contribution in [-0.2, 0) is 5.54 Å². The number of hydrogen-bond donors (Lipinski definition) is 0. The fourth-order valence-corrected chi connectivity index (χ4v) is 5.74. The number of aromatic nitrogens is 2. The molecular formula is C34H28N4. The number of anilines is 5. The van der Waals surface area contributed by atoms with Crippen molar-refractivity contribution in [1.29, 1.82) is 0 Å². The quantitative estimate of drug-likeness (QED) is 0.246. The van der Waals surface area contributed by atoms with E-state index in [1.807, 2.05) is 0 Å². The molecule has 0 radical (unpaired) electrons. The monoisotopic (exact) mass is 492 g/mol. The molecule has 1 aromatic heterocycles. The number of nitrogens with zero attached hydrogens (tertiary/aromatic N) is 4. The Kier molecular flexibility index (Phi) is 5.08. The molecule has 0 saturated carbocycles. The first-order valence-corrected chi connectivity index (χ1v) is 13.0. The third kappa shape index (κ3) is 3.41. The predicted octanol–water partition coefficient (Wildman–Crippen LogP) is 8.88. The van der Waals surface area contributed by atoms with E-state index in [0.29, 0.717) is 0 Å². The van der Waals surface area contributed by atoms with Crippen LogP contribution in [0.3, 0.4) is 0 Å². The summed E-state index contributed by atoms with van der Waals surface area (Å²) in [5.74, 6) is 0.936. The number of hydrogen-bond acceptors (Lipinski definition) is 3. The lowest BCUT2D eigenvalue weighted by Gasteiger charge is -2.45. The molecule has 0 atom stereocenters. The summed E-state index contributed by atoms with van der Waals surface area (Å²) in [6.07, 6.45) is 0. The summed E-state index contributed by atoms with van der Waals surface area (Å²) in [4.78, 5) is 9.83. The zero-order chi connectivity index (χ0) is 25.7. The minimum absolute atomic E-state index is 0.358. The van der Waals surface area contributed by atoms with Gasteiger partial charge in [0.1, 0.15) is 0 Å². The summed E-state index contributed by atoms with van der Waals surface area (Å²) in [5.41, 5.74) is 8.64. The van der Waals surface area contributed by atoms with Gasteiger partial charge in [0.15, 0.2) is 0 Å². The van der Waals surface area contributed by atoms with Gasteiger partial charge in [-0.2, -0.15) is 0 Å². The zero-order valence-corrected chi connectivity index (χ0v) is 21.5. The number of fused-ring (bicyclic) bond motifs is 5. The smallest absolute Gasteiger partial charge is 0.216 e. The lowest BCUT2D eigenvalue weighted by atomic mass is 9.87. The van der Waals surface area contributed by atoms with Gasteiger partial charge in [-0.1, -0.05) is 66.7 Å². The minimum Gasteiger partial charge on any atom is -0.310 e. The normalized spacial score (nSPS) is 13.7. The SMILES string of the molecule is CC1(C)c2cc(N(c3ccccc3)c3ccccc3)ccc2-n2c(nc3ccccc32)N1c1ccccc1. The van der Waals surface area contributed by atoms with Gasteiger partial charge in [0, 0.05) is 28.3 Å². The van der Waals surface area contributed by atoms with Gasteiger partial charge in [0.25, 0.3) is 0 Å². The first kappa shape index (κ1) is 22.4. The molecule has 6 aromatic rings. The second kappa shape index (κ2) is 8.63. The highest BCUT2D eigenvalue weighted by Crippen LogP contribution is 2.49. The maximum Gasteiger partial charge on any atom is 0.216 e. The molecule has 4 nitrogen and oxygen atoms in total. The van der Waals surface area contributed by atoms with E-state index >= 15 is 0 Å². The van der Waals surface area contributed by atoms with Gasteiger partial charge in [0.2, 0.25) is 5.95 Å². The van der Waals surface area contributed by atoms with E-state index in [-0.39, 0.29) is 5.54 Å². The van der Waals surface area contributed by atoms with E-state index in [9.17, 15) is 0 Å². The zero-order valence-electron chi connectivity index (χ0n) is 21.5. The standard InChI is InChI=1S/C34H28N4/c1-34(2)29-24-28(36(25-14-6-3-7-15-25)26-16-8-4-9-17-26)22-23-31(29)37-32-21-13-12-20-30(32)35-33(37)38(34)27-18-10-5-11-19-27/h3-24H,1-2H3. The molecule has 0 fully saturated rings. The summed E-state index contributed by atoms with van der Waals surface area (Å²) >= 11 is 0. The van der Waals surface area contributed by atoms with Crippen molar-refractivity contribution in [3.8, 4) is 5.69 Å². The molecule has 5 aromatic carbocycles. The van der Waals surface area contributed by atoms with Gasteiger partial charge in [-0.3, -0.25) is 4.57 Å². The van der Waals surface area contributed by atoms with Crippen LogP contribution in [0.4, 0.5) is 28.7 Å². The lowest BCUT2D eigenvalue weighted by molar-refractivity contribution is 0.508. The Hall–Kier alpha value is -4.83. The van der Waals surface area contributed by atoms with E-state index in [4.69, 9.17) is 4.98 Å². The fraction of sp³-hybridized carbons (Fsp3) is 0.0882. The van der Waals surface area contributed by atoms with Gasteiger partial charge in [-0.05, 0) is 80.6 Å². The van der Waals surface area contributed by atoms with Crippen molar-refractivity contribution < 1.29 is 0 Å². The lowest BCUT2D eigenvalue weighted by Crippen LogP contribution is -2.43. The highest BCUT2D eigenvalue weighted by Gasteiger charge is 2.41. The van der Waals surface area contributed by atoms with Crippen molar-refractivity contribution in [2.24, 2.45) is 0 Å². The van der Waals surface area contributed by atoms with Crippen LogP contribution in [0.5, 0.6) is 0 Å². The molecule has 7 rings (SSSR count). The fourth-order valence-electron chi connectivity index (χ4n) is 5.74. The van der Waals surface area contributed by atoms with Crippen molar-refractivity contribution in [1.82, 2.24) is 9.55 Å². The van der Waals surface area contributed by atoms with Crippen LogP contribution in [0.2, 0.25) is 0 Å². The molecular weight excluding hydrogens is 464 g/mol. The van der Waals surface area contributed by atoms with Crippen molar-refractivity contribution in [3.05, 3.63) is 139 Å². The summed E-state index contributed by atoms with van der Waals surface area (Å²) in [7, 11) is 0. The molecule has 4 heteroatoms. The second-order valence-electron chi connectivity index (χ2n) is 10.2. The van der Waals surface area contributed by atoms with Gasteiger partial charge in [-0.15, -0.1) is 0 Å². The number of benzene rings is 5. The molecule has 0 bridgehead atoms. The van der Waals surface area contributed by atoms with Gasteiger partial charge in [0.05, 0.1) is 22.3 Å². The van der Waals surface area contributed by atoms with Crippen molar-refractivity contribution in [3.63, 3.8) is 0 Å². The number of rotatable bonds is 4. The minimum atomic E-state index is -0.358. The van der Waals surface area contributed by atoms with Crippen molar-refractivity contribution in [2.75, 3.05) is 9.80 Å². The Morgan fingerprint density at radius 2 is 1.18 bits per heavy atom. The molecule has 0 spiro atoms. The maximum atomic E-state index is 5.14. The number of para-hydroxylation sites is 5. The van der Waals surface area contributed by atoms with E-state index in [2.05, 4.69) is 162 Å². The van der Waals surface area contributed by atoms with Crippen LogP contribution in [-0.4, -0.2) is 9.55 Å². The van der Waals surface area contributed by atoms with Crippen LogP contribution >= 0.6 is 0 Å². The largest absolute Gasteiger partial charge is 0.310 e. The van der Waals surface area contributed by atoms with Crippen LogP contribution in [0, 0.1) is 0 Å². The van der Waals surface area contributed by atoms with Crippen LogP contribution < -0.4 is 9.80 Å². The second-order valence-corrected chi connectivity index (χ2v) is 10.2. The Labute approximate surface area is 223 Å². The molecule has 1 aliphatic rings. The van der Waals surface area contributed by atoms with Crippen LogP contribution in [0.25, 0.3) is 16.7 Å². The Bertz CT molecular complexity index is 1700. The third-order valence-corrected chi connectivity index (χ3v) is 7.48. The van der Waals surface area contributed by atoms with Crippen LogP contribution in [0.1, 0.15) is 19.4 Å². The Balaban J connectivity index is 1.50. The van der Waals surface area contributed by atoms with Crippen LogP contribution in [0.15, 0.2) is 133 Å². The molecule has 0 unspecified atom stereocenters. The van der Waals surface area contributed by atoms with Gasteiger partial charge < -0.3 is 9.80 Å². The molecule has 2 heterocycles. The Morgan fingerprint density at radius 1 is 0.605 bits per heavy atom. The highest BCUT2D eigenvalue weighted by atomic mass is 15.4. The average Bonchev–Trinajstić information content (AvgIpc) is 3.34. The Morgan fingerprint density at radius 3 is 1.84 bits per heavy atom. The molecule has 0 N–H and O–H groups in total. The maximum absolute atomic E-state index is 5.14. The summed E-state index contributed by atoms with van der Waals surface area (Å²) in [6, 6.07) is 47.0. The highest BCUT2D eigenvalue weighted by molar-refractivity contribution is 5.87. The first-order chi connectivity index (χ1) is 18.6. The topological polar surface area (TPSA) is 24.3 Å². The van der Waals surface area contributed by atoms with Gasteiger partial charge >= 0.3 is 0 Å². The summed E-state index contributed by atoms with van der Waals surface area (Å²) in [6.45, 7) is 4.58. The average molecular weight is 493 g/mol. The predicted molar refractivity (Wildman–Crippen MR) is 157 cm³/mol. The van der Waals surface area contributed by atoms with E-state index in [0.717, 1.165) is 45.4 Å². The molecule has 184 valence electrons.